The second-order valence-corrected chi connectivity index (χ2v) is 6.62. The van der Waals surface area contributed by atoms with E-state index in [1.807, 2.05) is 61.5 Å². The summed E-state index contributed by atoms with van der Waals surface area (Å²) >= 11 is 7.67. The number of rotatable bonds is 4. The summed E-state index contributed by atoms with van der Waals surface area (Å²) in [7, 11) is 0. The van der Waals surface area contributed by atoms with Crippen molar-refractivity contribution in [2.24, 2.45) is 5.10 Å². The van der Waals surface area contributed by atoms with Crippen LogP contribution in [-0.4, -0.2) is 11.6 Å². The van der Waals surface area contributed by atoms with Gasteiger partial charge in [0.15, 0.2) is 0 Å². The molecule has 5 heteroatoms. The lowest BCUT2D eigenvalue weighted by Crippen LogP contribution is -2.18. The van der Waals surface area contributed by atoms with Crippen molar-refractivity contribution in [3.8, 4) is 0 Å². The minimum absolute atomic E-state index is 0.274. The van der Waals surface area contributed by atoms with Crippen molar-refractivity contribution < 1.29 is 4.79 Å². The van der Waals surface area contributed by atoms with E-state index in [4.69, 9.17) is 11.6 Å². The van der Waals surface area contributed by atoms with Crippen LogP contribution in [0.3, 0.4) is 0 Å². The standard InChI is InChI=1S/C18H15ClN2OS/c1-12(11-13-7-3-2-4-8-13)20-21-18(22)17-16(19)14-9-5-6-10-15(14)23-17/h2-10H,11H2,1H3,(H,21,22)/b20-12+. The van der Waals surface area contributed by atoms with Gasteiger partial charge in [0.1, 0.15) is 4.88 Å². The van der Waals surface area contributed by atoms with Gasteiger partial charge in [-0.05, 0) is 18.6 Å². The molecule has 0 aliphatic rings. The predicted molar refractivity (Wildman–Crippen MR) is 97.6 cm³/mol. The van der Waals surface area contributed by atoms with Gasteiger partial charge in [-0.1, -0.05) is 60.1 Å². The molecule has 0 saturated carbocycles. The zero-order valence-electron chi connectivity index (χ0n) is 12.5. The molecular weight excluding hydrogens is 328 g/mol. The molecule has 0 radical (unpaired) electrons. The molecule has 0 atom stereocenters. The highest BCUT2D eigenvalue weighted by Crippen LogP contribution is 2.34. The van der Waals surface area contributed by atoms with Gasteiger partial charge >= 0.3 is 0 Å². The van der Waals surface area contributed by atoms with Crippen LogP contribution in [0.5, 0.6) is 0 Å². The molecule has 0 spiro atoms. The Hall–Kier alpha value is -2.17. The second kappa shape index (κ2) is 6.94. The lowest BCUT2D eigenvalue weighted by atomic mass is 10.1. The van der Waals surface area contributed by atoms with Gasteiger partial charge in [-0.3, -0.25) is 4.79 Å². The highest BCUT2D eigenvalue weighted by Gasteiger charge is 2.16. The number of amides is 1. The van der Waals surface area contributed by atoms with E-state index in [9.17, 15) is 4.79 Å². The molecule has 0 saturated heterocycles. The smallest absolute Gasteiger partial charge is 0.266 e. The molecular formula is C18H15ClN2OS. The van der Waals surface area contributed by atoms with Crippen molar-refractivity contribution >= 4 is 44.6 Å². The molecule has 1 N–H and O–H groups in total. The largest absolute Gasteiger partial charge is 0.283 e. The maximum Gasteiger partial charge on any atom is 0.283 e. The molecule has 0 fully saturated rings. The molecule has 1 amide bonds. The van der Waals surface area contributed by atoms with Gasteiger partial charge in [0, 0.05) is 22.2 Å². The van der Waals surface area contributed by atoms with E-state index in [1.54, 1.807) is 0 Å². The normalized spacial score (nSPS) is 11.7. The number of carbonyl (C=O) groups is 1. The Morgan fingerprint density at radius 2 is 1.83 bits per heavy atom. The van der Waals surface area contributed by atoms with Crippen molar-refractivity contribution in [3.63, 3.8) is 0 Å². The van der Waals surface area contributed by atoms with E-state index in [2.05, 4.69) is 10.5 Å². The van der Waals surface area contributed by atoms with Gasteiger partial charge in [-0.15, -0.1) is 11.3 Å². The fourth-order valence-electron chi connectivity index (χ4n) is 2.29. The zero-order valence-corrected chi connectivity index (χ0v) is 14.1. The Kier molecular flexibility index (Phi) is 4.74. The summed E-state index contributed by atoms with van der Waals surface area (Å²) in [6.07, 6.45) is 0.696. The minimum atomic E-state index is -0.274. The molecule has 0 aliphatic carbocycles. The first-order chi connectivity index (χ1) is 11.1. The molecule has 2 aromatic carbocycles. The van der Waals surface area contributed by atoms with E-state index in [-0.39, 0.29) is 5.91 Å². The summed E-state index contributed by atoms with van der Waals surface area (Å²) < 4.78 is 0.993. The number of nitrogens with zero attached hydrogens (tertiary/aromatic N) is 1. The summed E-state index contributed by atoms with van der Waals surface area (Å²) in [5, 5.41) is 5.55. The summed E-state index contributed by atoms with van der Waals surface area (Å²) in [6, 6.07) is 17.7. The Morgan fingerprint density at radius 1 is 1.13 bits per heavy atom. The molecule has 0 bridgehead atoms. The number of hydrogen-bond donors (Lipinski definition) is 1. The van der Waals surface area contributed by atoms with Gasteiger partial charge in [0.25, 0.3) is 5.91 Å². The van der Waals surface area contributed by atoms with E-state index >= 15 is 0 Å². The maximum atomic E-state index is 12.3. The quantitative estimate of drug-likeness (QED) is 0.531. The minimum Gasteiger partial charge on any atom is -0.266 e. The number of halogens is 1. The van der Waals surface area contributed by atoms with Gasteiger partial charge in [0.2, 0.25) is 0 Å². The summed E-state index contributed by atoms with van der Waals surface area (Å²) in [5.74, 6) is -0.274. The average molecular weight is 343 g/mol. The lowest BCUT2D eigenvalue weighted by molar-refractivity contribution is 0.0959. The molecule has 0 unspecified atom stereocenters. The van der Waals surface area contributed by atoms with Gasteiger partial charge in [-0.25, -0.2) is 5.43 Å². The fraction of sp³-hybridized carbons (Fsp3) is 0.111. The van der Waals surface area contributed by atoms with E-state index in [0.29, 0.717) is 16.3 Å². The summed E-state index contributed by atoms with van der Waals surface area (Å²) in [5.41, 5.74) is 4.59. The van der Waals surface area contributed by atoms with Crippen LogP contribution in [0.4, 0.5) is 0 Å². The zero-order chi connectivity index (χ0) is 16.2. The first kappa shape index (κ1) is 15.7. The molecule has 1 heterocycles. The first-order valence-corrected chi connectivity index (χ1v) is 8.39. The maximum absolute atomic E-state index is 12.3. The van der Waals surface area contributed by atoms with E-state index in [0.717, 1.165) is 21.4 Å². The number of nitrogens with one attached hydrogen (secondary N) is 1. The number of benzene rings is 2. The number of fused-ring (bicyclic) bond motifs is 1. The Balaban J connectivity index is 1.73. The number of hydrogen-bond acceptors (Lipinski definition) is 3. The van der Waals surface area contributed by atoms with Crippen LogP contribution in [0.1, 0.15) is 22.2 Å². The van der Waals surface area contributed by atoms with E-state index < -0.39 is 0 Å². The van der Waals surface area contributed by atoms with Crippen molar-refractivity contribution in [2.75, 3.05) is 0 Å². The molecule has 1 aromatic heterocycles. The van der Waals surface area contributed by atoms with Crippen molar-refractivity contribution in [3.05, 3.63) is 70.1 Å². The highest BCUT2D eigenvalue weighted by atomic mass is 35.5. The highest BCUT2D eigenvalue weighted by molar-refractivity contribution is 7.21. The van der Waals surface area contributed by atoms with Crippen molar-refractivity contribution in [2.45, 2.75) is 13.3 Å². The Bertz CT molecular complexity index is 871. The van der Waals surface area contributed by atoms with Gasteiger partial charge in [-0.2, -0.15) is 5.10 Å². The van der Waals surface area contributed by atoms with Crippen LogP contribution in [0, 0.1) is 0 Å². The van der Waals surface area contributed by atoms with Crippen LogP contribution in [0.15, 0.2) is 59.7 Å². The third-order valence-electron chi connectivity index (χ3n) is 3.39. The van der Waals surface area contributed by atoms with Crippen LogP contribution in [-0.2, 0) is 6.42 Å². The number of thiophene rings is 1. The molecule has 3 rings (SSSR count). The molecule has 3 nitrogen and oxygen atoms in total. The molecule has 23 heavy (non-hydrogen) atoms. The number of carbonyl (C=O) groups excluding carboxylic acids is 1. The Labute approximate surface area is 143 Å². The van der Waals surface area contributed by atoms with Gasteiger partial charge < -0.3 is 0 Å². The average Bonchev–Trinajstić information content (AvgIpc) is 2.91. The summed E-state index contributed by atoms with van der Waals surface area (Å²) in [4.78, 5) is 12.8. The first-order valence-electron chi connectivity index (χ1n) is 7.19. The predicted octanol–water partition coefficient (Wildman–Crippen LogP) is 4.90. The lowest BCUT2D eigenvalue weighted by Gasteiger charge is -2.02. The third-order valence-corrected chi connectivity index (χ3v) is 5.07. The summed E-state index contributed by atoms with van der Waals surface area (Å²) in [6.45, 7) is 1.89. The molecule has 0 aliphatic heterocycles. The van der Waals surface area contributed by atoms with Crippen molar-refractivity contribution in [1.82, 2.24) is 5.43 Å². The van der Waals surface area contributed by atoms with Crippen LogP contribution < -0.4 is 5.43 Å². The second-order valence-electron chi connectivity index (χ2n) is 5.19. The molecule has 116 valence electrons. The van der Waals surface area contributed by atoms with E-state index in [1.165, 1.54) is 11.3 Å². The monoisotopic (exact) mass is 342 g/mol. The van der Waals surface area contributed by atoms with Gasteiger partial charge in [0.05, 0.1) is 5.02 Å². The molecule has 3 aromatic rings. The Morgan fingerprint density at radius 3 is 2.57 bits per heavy atom. The van der Waals surface area contributed by atoms with Crippen molar-refractivity contribution in [1.29, 1.82) is 0 Å². The topological polar surface area (TPSA) is 41.5 Å². The SMILES string of the molecule is C/C(Cc1ccccc1)=N\NC(=O)c1sc2ccccc2c1Cl. The fourth-order valence-corrected chi connectivity index (χ4v) is 3.69. The van der Waals surface area contributed by atoms with Crippen LogP contribution in [0.25, 0.3) is 10.1 Å². The van der Waals surface area contributed by atoms with Crippen LogP contribution in [0.2, 0.25) is 5.02 Å². The third kappa shape index (κ3) is 3.60. The number of hydrazone groups is 1. The van der Waals surface area contributed by atoms with Crippen LogP contribution >= 0.6 is 22.9 Å².